The number of piperidine rings is 1. The van der Waals surface area contributed by atoms with Crippen LogP contribution in [0, 0.1) is 5.82 Å². The third-order valence-corrected chi connectivity index (χ3v) is 5.06. The first kappa shape index (κ1) is 22.5. The summed E-state index contributed by atoms with van der Waals surface area (Å²) in [5.74, 6) is 0.386. The van der Waals surface area contributed by atoms with Crippen LogP contribution in [-0.4, -0.2) is 41.5 Å². The Morgan fingerprint density at radius 3 is 2.71 bits per heavy atom. The molecule has 2 heterocycles. The number of benzene rings is 1. The highest BCUT2D eigenvalue weighted by Gasteiger charge is 2.26. The molecule has 2 N–H and O–H groups in total. The van der Waals surface area contributed by atoms with Crippen LogP contribution in [-0.2, 0) is 13.1 Å². The lowest BCUT2D eigenvalue weighted by molar-refractivity contribution is 0.134. The van der Waals surface area contributed by atoms with Gasteiger partial charge >= 0.3 is 0 Å². The molecule has 0 amide bonds. The fraction of sp³-hybridized carbons (Fsp3) is 0.429. The van der Waals surface area contributed by atoms with E-state index >= 15 is 0 Å². The lowest BCUT2D eigenvalue weighted by Gasteiger charge is -2.38. The van der Waals surface area contributed by atoms with Gasteiger partial charge in [0.2, 0.25) is 0 Å². The van der Waals surface area contributed by atoms with Gasteiger partial charge in [-0.1, -0.05) is 30.3 Å². The van der Waals surface area contributed by atoms with Crippen molar-refractivity contribution in [2.45, 2.75) is 44.9 Å². The molecule has 2 unspecified atom stereocenters. The maximum atomic E-state index is 13.7. The summed E-state index contributed by atoms with van der Waals surface area (Å²) in [6.45, 7) is 4.62. The van der Waals surface area contributed by atoms with Crippen molar-refractivity contribution >= 4 is 29.9 Å². The average molecular weight is 497 g/mol. The SMILES string of the molecule is CN=C(NCc1ncccc1F)NC1CCN(Cc2ccccc2)C(C)C1.I. The second-order valence-electron chi connectivity index (χ2n) is 7.03. The van der Waals surface area contributed by atoms with Crippen LogP contribution in [0.3, 0.4) is 0 Å². The molecule has 152 valence electrons. The van der Waals surface area contributed by atoms with E-state index in [0.717, 1.165) is 25.9 Å². The summed E-state index contributed by atoms with van der Waals surface area (Å²) in [7, 11) is 1.73. The first-order chi connectivity index (χ1) is 13.2. The largest absolute Gasteiger partial charge is 0.354 e. The Labute approximate surface area is 183 Å². The third-order valence-electron chi connectivity index (χ3n) is 5.06. The van der Waals surface area contributed by atoms with Crippen LogP contribution < -0.4 is 10.6 Å². The predicted octanol–water partition coefficient (Wildman–Crippen LogP) is 3.56. The molecule has 0 aliphatic carbocycles. The first-order valence-corrected chi connectivity index (χ1v) is 9.50. The second-order valence-corrected chi connectivity index (χ2v) is 7.03. The second kappa shape index (κ2) is 11.3. The molecule has 3 rings (SSSR count). The molecule has 1 aromatic heterocycles. The molecule has 7 heteroatoms. The molecular formula is C21H29FIN5. The smallest absolute Gasteiger partial charge is 0.191 e. The zero-order chi connectivity index (χ0) is 19.1. The lowest BCUT2D eigenvalue weighted by atomic mass is 9.97. The van der Waals surface area contributed by atoms with Crippen LogP contribution in [0.2, 0.25) is 0 Å². The fourth-order valence-electron chi connectivity index (χ4n) is 3.51. The van der Waals surface area contributed by atoms with Crippen molar-refractivity contribution in [2.75, 3.05) is 13.6 Å². The van der Waals surface area contributed by atoms with E-state index < -0.39 is 0 Å². The number of nitrogens with one attached hydrogen (secondary N) is 2. The average Bonchev–Trinajstić information content (AvgIpc) is 2.69. The highest BCUT2D eigenvalue weighted by atomic mass is 127. The van der Waals surface area contributed by atoms with E-state index in [-0.39, 0.29) is 29.8 Å². The molecule has 1 fully saturated rings. The minimum Gasteiger partial charge on any atom is -0.354 e. The number of nitrogens with zero attached hydrogens (tertiary/aromatic N) is 3. The number of aromatic nitrogens is 1. The van der Waals surface area contributed by atoms with Gasteiger partial charge in [-0.3, -0.25) is 14.9 Å². The van der Waals surface area contributed by atoms with Gasteiger partial charge < -0.3 is 10.6 Å². The van der Waals surface area contributed by atoms with Crippen molar-refractivity contribution in [1.82, 2.24) is 20.5 Å². The Bertz CT molecular complexity index is 755. The van der Waals surface area contributed by atoms with Gasteiger partial charge in [-0.15, -0.1) is 24.0 Å². The first-order valence-electron chi connectivity index (χ1n) is 9.50. The quantitative estimate of drug-likeness (QED) is 0.377. The zero-order valence-corrected chi connectivity index (χ0v) is 18.8. The maximum absolute atomic E-state index is 13.7. The number of aliphatic imine (C=N–C) groups is 1. The Hall–Kier alpha value is -1.74. The lowest BCUT2D eigenvalue weighted by Crippen LogP contribution is -2.51. The van der Waals surface area contributed by atoms with Crippen molar-refractivity contribution in [3.05, 3.63) is 65.7 Å². The topological polar surface area (TPSA) is 52.6 Å². The van der Waals surface area contributed by atoms with Gasteiger partial charge in [0.05, 0.1) is 12.2 Å². The molecule has 28 heavy (non-hydrogen) atoms. The highest BCUT2D eigenvalue weighted by Crippen LogP contribution is 2.20. The third kappa shape index (κ3) is 6.41. The van der Waals surface area contributed by atoms with Gasteiger partial charge in [0.15, 0.2) is 5.96 Å². The molecule has 2 atom stereocenters. The summed E-state index contributed by atoms with van der Waals surface area (Å²) in [5, 5.41) is 6.63. The Morgan fingerprint density at radius 1 is 1.25 bits per heavy atom. The molecule has 0 saturated carbocycles. The minimum atomic E-state index is -0.303. The van der Waals surface area contributed by atoms with Gasteiger partial charge in [-0.2, -0.15) is 0 Å². The van der Waals surface area contributed by atoms with Crippen LogP contribution in [0.5, 0.6) is 0 Å². The van der Waals surface area contributed by atoms with Crippen LogP contribution in [0.1, 0.15) is 31.0 Å². The molecule has 1 aliphatic rings. The summed E-state index contributed by atoms with van der Waals surface area (Å²) in [6, 6.07) is 14.5. The summed E-state index contributed by atoms with van der Waals surface area (Å²) >= 11 is 0. The van der Waals surface area contributed by atoms with Crippen LogP contribution in [0.25, 0.3) is 0 Å². The van der Waals surface area contributed by atoms with Crippen LogP contribution >= 0.6 is 24.0 Å². The normalized spacial score (nSPS) is 20.3. The predicted molar refractivity (Wildman–Crippen MR) is 122 cm³/mol. The van der Waals surface area contributed by atoms with Crippen molar-refractivity contribution in [3.8, 4) is 0 Å². The minimum absolute atomic E-state index is 0. The maximum Gasteiger partial charge on any atom is 0.191 e. The molecule has 2 aromatic rings. The number of pyridine rings is 1. The summed E-state index contributed by atoms with van der Waals surface area (Å²) < 4.78 is 13.7. The van der Waals surface area contributed by atoms with E-state index in [9.17, 15) is 4.39 Å². The van der Waals surface area contributed by atoms with Crippen LogP contribution in [0.4, 0.5) is 4.39 Å². The van der Waals surface area contributed by atoms with E-state index in [2.05, 4.69) is 62.8 Å². The molecule has 0 bridgehead atoms. The van der Waals surface area contributed by atoms with Gasteiger partial charge in [0.25, 0.3) is 0 Å². The van der Waals surface area contributed by atoms with Crippen LogP contribution in [0.15, 0.2) is 53.7 Å². The Morgan fingerprint density at radius 2 is 2.04 bits per heavy atom. The van der Waals surface area contributed by atoms with E-state index in [1.807, 2.05) is 0 Å². The summed E-state index contributed by atoms with van der Waals surface area (Å²) in [5.41, 5.74) is 1.75. The summed E-state index contributed by atoms with van der Waals surface area (Å²) in [6.07, 6.45) is 3.70. The van der Waals surface area contributed by atoms with Crippen molar-refractivity contribution in [1.29, 1.82) is 0 Å². The molecule has 0 spiro atoms. The fourth-order valence-corrected chi connectivity index (χ4v) is 3.51. The molecule has 0 radical (unpaired) electrons. The van der Waals surface area contributed by atoms with Crippen molar-refractivity contribution in [2.24, 2.45) is 4.99 Å². The number of hydrogen-bond acceptors (Lipinski definition) is 3. The van der Waals surface area contributed by atoms with Gasteiger partial charge in [-0.05, 0) is 37.5 Å². The number of hydrogen-bond donors (Lipinski definition) is 2. The standard InChI is InChI=1S/C21H28FN5.HI/c1-16-13-18(10-12-27(16)15-17-7-4-3-5-8-17)26-21(23-2)25-14-20-19(22)9-6-11-24-20;/h3-9,11,16,18H,10,12-15H2,1-2H3,(H2,23,25,26);1H. The monoisotopic (exact) mass is 497 g/mol. The van der Waals surface area contributed by atoms with E-state index in [1.165, 1.54) is 11.6 Å². The zero-order valence-electron chi connectivity index (χ0n) is 16.4. The molecular weight excluding hydrogens is 468 g/mol. The number of guanidine groups is 1. The number of rotatable bonds is 5. The number of likely N-dealkylation sites (tertiary alicyclic amines) is 1. The highest BCUT2D eigenvalue weighted by molar-refractivity contribution is 14.0. The van der Waals surface area contributed by atoms with Crippen molar-refractivity contribution < 1.29 is 4.39 Å². The number of halogens is 2. The summed E-state index contributed by atoms with van der Waals surface area (Å²) in [4.78, 5) is 10.9. The molecule has 1 aliphatic heterocycles. The van der Waals surface area contributed by atoms with Gasteiger partial charge in [0.1, 0.15) is 5.82 Å². The molecule has 1 saturated heterocycles. The van der Waals surface area contributed by atoms with Crippen molar-refractivity contribution in [3.63, 3.8) is 0 Å². The van der Waals surface area contributed by atoms with Gasteiger partial charge in [-0.25, -0.2) is 4.39 Å². The van der Waals surface area contributed by atoms with E-state index in [1.54, 1.807) is 19.3 Å². The Kier molecular flexibility index (Phi) is 9.11. The van der Waals surface area contributed by atoms with Gasteiger partial charge in [0, 0.05) is 38.4 Å². The Balaban J connectivity index is 0.00000280. The van der Waals surface area contributed by atoms with E-state index in [4.69, 9.17) is 0 Å². The molecule has 1 aromatic carbocycles. The molecule has 5 nitrogen and oxygen atoms in total. The van der Waals surface area contributed by atoms with E-state index in [0.29, 0.717) is 30.3 Å².